The summed E-state index contributed by atoms with van der Waals surface area (Å²) in [6, 6.07) is 3.92. The smallest absolute Gasteiger partial charge is 0.337 e. The number of esters is 1. The fourth-order valence-corrected chi connectivity index (χ4v) is 4.01. The molecular weight excluding hydrogens is 306 g/mol. The lowest BCUT2D eigenvalue weighted by atomic mass is 10.2. The number of carbonyl (C=O) groups excluding carboxylic acids is 1. The average Bonchev–Trinajstić information content (AvgIpc) is 2.85. The molecule has 8 heteroatoms. The van der Waals surface area contributed by atoms with Gasteiger partial charge < -0.3 is 9.84 Å². The Kier molecular flexibility index (Phi) is 4.33. The molecule has 20 heavy (non-hydrogen) atoms. The molecule has 0 aromatic heterocycles. The lowest BCUT2D eigenvalue weighted by Crippen LogP contribution is -2.30. The molecule has 6 nitrogen and oxygen atoms in total. The molecule has 0 unspecified atom stereocenters. The first kappa shape index (κ1) is 15.2. The Morgan fingerprint density at radius 3 is 2.75 bits per heavy atom. The van der Waals surface area contributed by atoms with Crippen molar-refractivity contribution in [3.8, 4) is 0 Å². The van der Waals surface area contributed by atoms with Crippen LogP contribution in [0, 0.1) is 0 Å². The molecule has 0 spiro atoms. The summed E-state index contributed by atoms with van der Waals surface area (Å²) in [5.41, 5.74) is 0.107. The third-order valence-electron chi connectivity index (χ3n) is 3.10. The Labute approximate surface area is 122 Å². The van der Waals surface area contributed by atoms with Crippen LogP contribution >= 0.6 is 11.6 Å². The lowest BCUT2D eigenvalue weighted by molar-refractivity contribution is 0.0600. The summed E-state index contributed by atoms with van der Waals surface area (Å²) >= 11 is 5.92. The highest BCUT2D eigenvalue weighted by Gasteiger charge is 2.33. The number of hydrogen-bond acceptors (Lipinski definition) is 5. The van der Waals surface area contributed by atoms with Crippen molar-refractivity contribution in [2.75, 3.05) is 20.2 Å². The maximum absolute atomic E-state index is 12.4. The fourth-order valence-electron chi connectivity index (χ4n) is 2.01. The first-order chi connectivity index (χ1) is 9.36. The molecular formula is C12H14ClNO5S. The van der Waals surface area contributed by atoms with Gasteiger partial charge in [-0.25, -0.2) is 13.2 Å². The molecule has 0 radical (unpaired) electrons. The number of hydrogen-bond donors (Lipinski definition) is 1. The molecule has 0 saturated carbocycles. The molecule has 0 amide bonds. The summed E-state index contributed by atoms with van der Waals surface area (Å²) in [5.74, 6) is -0.639. The number of halogens is 1. The topological polar surface area (TPSA) is 83.9 Å². The van der Waals surface area contributed by atoms with Gasteiger partial charge in [-0.05, 0) is 24.6 Å². The van der Waals surface area contributed by atoms with E-state index in [9.17, 15) is 18.3 Å². The van der Waals surface area contributed by atoms with Crippen LogP contribution in [0.15, 0.2) is 23.1 Å². The van der Waals surface area contributed by atoms with Crippen molar-refractivity contribution in [1.29, 1.82) is 0 Å². The zero-order chi connectivity index (χ0) is 14.9. The lowest BCUT2D eigenvalue weighted by Gasteiger charge is -2.17. The maximum Gasteiger partial charge on any atom is 0.337 e. The number of rotatable bonds is 3. The zero-order valence-electron chi connectivity index (χ0n) is 10.7. The second-order valence-corrected chi connectivity index (χ2v) is 6.76. The van der Waals surface area contributed by atoms with Gasteiger partial charge in [0, 0.05) is 13.1 Å². The molecule has 0 aliphatic carbocycles. The van der Waals surface area contributed by atoms with Crippen LogP contribution in [-0.4, -0.2) is 50.1 Å². The van der Waals surface area contributed by atoms with E-state index in [4.69, 9.17) is 11.6 Å². The summed E-state index contributed by atoms with van der Waals surface area (Å²) in [6.07, 6.45) is -0.291. The van der Waals surface area contributed by atoms with Crippen molar-refractivity contribution >= 4 is 27.6 Å². The van der Waals surface area contributed by atoms with Crippen LogP contribution in [0.25, 0.3) is 0 Å². The monoisotopic (exact) mass is 319 g/mol. The van der Waals surface area contributed by atoms with Crippen molar-refractivity contribution in [2.24, 2.45) is 0 Å². The van der Waals surface area contributed by atoms with E-state index in [1.165, 1.54) is 25.3 Å². The first-order valence-electron chi connectivity index (χ1n) is 5.92. The van der Waals surface area contributed by atoms with Crippen molar-refractivity contribution in [2.45, 2.75) is 17.4 Å². The van der Waals surface area contributed by atoms with Crippen LogP contribution in [0.2, 0.25) is 5.02 Å². The quantitative estimate of drug-likeness (QED) is 0.836. The number of ether oxygens (including phenoxy) is 1. The van der Waals surface area contributed by atoms with E-state index in [0.717, 1.165) is 4.31 Å². The molecule has 2 rings (SSSR count). The number of nitrogens with zero attached hydrogens (tertiary/aromatic N) is 1. The van der Waals surface area contributed by atoms with Crippen LogP contribution in [0.5, 0.6) is 0 Å². The van der Waals surface area contributed by atoms with Gasteiger partial charge in [-0.3, -0.25) is 0 Å². The summed E-state index contributed by atoms with van der Waals surface area (Å²) in [4.78, 5) is 11.3. The van der Waals surface area contributed by atoms with Crippen LogP contribution in [0.1, 0.15) is 16.8 Å². The molecule has 1 aliphatic heterocycles. The minimum absolute atomic E-state index is 0.0269. The molecule has 1 aromatic carbocycles. The first-order valence-corrected chi connectivity index (χ1v) is 7.74. The average molecular weight is 320 g/mol. The predicted molar refractivity (Wildman–Crippen MR) is 72.2 cm³/mol. The van der Waals surface area contributed by atoms with E-state index in [2.05, 4.69) is 4.74 Å². The number of benzene rings is 1. The van der Waals surface area contributed by atoms with Gasteiger partial charge in [0.2, 0.25) is 10.0 Å². The third-order valence-corrected chi connectivity index (χ3v) is 5.44. The maximum atomic E-state index is 12.4. The van der Waals surface area contributed by atoms with E-state index < -0.39 is 22.1 Å². The predicted octanol–water partition coefficient (Wildman–Crippen LogP) is 0.882. The molecule has 110 valence electrons. The van der Waals surface area contributed by atoms with Gasteiger partial charge in [-0.2, -0.15) is 4.31 Å². The van der Waals surface area contributed by atoms with Gasteiger partial charge in [0.25, 0.3) is 0 Å². The van der Waals surface area contributed by atoms with Gasteiger partial charge in [0.05, 0.1) is 23.8 Å². The van der Waals surface area contributed by atoms with Crippen molar-refractivity contribution in [3.63, 3.8) is 0 Å². The van der Waals surface area contributed by atoms with E-state index in [-0.39, 0.29) is 28.6 Å². The van der Waals surface area contributed by atoms with Gasteiger partial charge in [0.15, 0.2) is 0 Å². The van der Waals surface area contributed by atoms with Gasteiger partial charge in [-0.1, -0.05) is 11.6 Å². The van der Waals surface area contributed by atoms with Crippen molar-refractivity contribution in [1.82, 2.24) is 4.31 Å². The van der Waals surface area contributed by atoms with Crippen LogP contribution in [0.3, 0.4) is 0 Å². The van der Waals surface area contributed by atoms with Crippen LogP contribution < -0.4 is 0 Å². The number of sulfonamides is 1. The number of aliphatic hydroxyl groups excluding tert-OH is 1. The zero-order valence-corrected chi connectivity index (χ0v) is 12.3. The SMILES string of the molecule is COC(=O)c1ccc(Cl)c(S(=O)(=O)N2CC[C@@H](O)C2)c1. The molecule has 1 N–H and O–H groups in total. The van der Waals surface area contributed by atoms with Crippen LogP contribution in [-0.2, 0) is 14.8 Å². The molecule has 1 aliphatic rings. The number of methoxy groups -OCH3 is 1. The number of β-amino-alcohol motifs (C(OH)–C–C–N with tert-alkyl or cyclic N) is 1. The molecule has 1 aromatic rings. The van der Waals surface area contributed by atoms with E-state index in [1.807, 2.05) is 0 Å². The third kappa shape index (κ3) is 2.80. The van der Waals surface area contributed by atoms with Crippen molar-refractivity contribution in [3.05, 3.63) is 28.8 Å². The summed E-state index contributed by atoms with van der Waals surface area (Å²) < 4.78 is 30.6. The molecule has 1 saturated heterocycles. The Morgan fingerprint density at radius 1 is 1.50 bits per heavy atom. The van der Waals surface area contributed by atoms with Gasteiger partial charge in [-0.15, -0.1) is 0 Å². The van der Waals surface area contributed by atoms with E-state index >= 15 is 0 Å². The Bertz CT molecular complexity index is 631. The van der Waals surface area contributed by atoms with Crippen molar-refractivity contribution < 1.29 is 23.1 Å². The number of aliphatic hydroxyl groups is 1. The molecule has 1 atom stereocenters. The standard InChI is InChI=1S/C12H14ClNO5S/c1-19-12(16)8-2-3-10(13)11(6-8)20(17,18)14-5-4-9(15)7-14/h2-3,6,9,15H,4-5,7H2,1H3/t9-/m1/s1. The normalized spacial score (nSPS) is 20.1. The highest BCUT2D eigenvalue weighted by molar-refractivity contribution is 7.89. The fraction of sp³-hybridized carbons (Fsp3) is 0.417. The Balaban J connectivity index is 2.43. The van der Waals surface area contributed by atoms with Gasteiger partial charge >= 0.3 is 5.97 Å². The second-order valence-electron chi connectivity index (χ2n) is 4.44. The largest absolute Gasteiger partial charge is 0.465 e. The molecule has 0 bridgehead atoms. The van der Waals surface area contributed by atoms with E-state index in [1.54, 1.807) is 0 Å². The molecule has 1 heterocycles. The Morgan fingerprint density at radius 2 is 2.20 bits per heavy atom. The van der Waals surface area contributed by atoms with Crippen LogP contribution in [0.4, 0.5) is 0 Å². The van der Waals surface area contributed by atoms with Gasteiger partial charge in [0.1, 0.15) is 4.90 Å². The highest BCUT2D eigenvalue weighted by atomic mass is 35.5. The minimum atomic E-state index is -3.83. The summed E-state index contributed by atoms with van der Waals surface area (Å²) in [6.45, 7) is 0.253. The van der Waals surface area contributed by atoms with E-state index in [0.29, 0.717) is 6.42 Å². The minimum Gasteiger partial charge on any atom is -0.465 e. The molecule has 1 fully saturated rings. The number of carbonyl (C=O) groups is 1. The summed E-state index contributed by atoms with van der Waals surface area (Å²) in [7, 11) is -2.62. The Hall–Kier alpha value is -1.15. The summed E-state index contributed by atoms with van der Waals surface area (Å²) in [5, 5.41) is 9.47. The second kappa shape index (κ2) is 5.69. The highest BCUT2D eigenvalue weighted by Crippen LogP contribution is 2.28.